The predicted molar refractivity (Wildman–Crippen MR) is 86.8 cm³/mol. The molecule has 1 unspecified atom stereocenters. The van der Waals surface area contributed by atoms with Crippen molar-refractivity contribution in [3.63, 3.8) is 0 Å². The molecule has 1 atom stereocenters. The molecule has 0 aliphatic carbocycles. The zero-order valence-corrected chi connectivity index (χ0v) is 12.7. The molecular weight excluding hydrogens is 274 g/mol. The number of hydrogen-bond donors (Lipinski definition) is 0. The van der Waals surface area contributed by atoms with Crippen molar-refractivity contribution >= 4 is 5.78 Å². The van der Waals surface area contributed by atoms with Crippen molar-refractivity contribution in [2.24, 2.45) is 0 Å². The Morgan fingerprint density at radius 1 is 1.05 bits per heavy atom. The van der Waals surface area contributed by atoms with Crippen LogP contribution in [0.25, 0.3) is 0 Å². The fraction of sp³-hybridized carbons (Fsp3) is 0.316. The molecule has 1 aliphatic rings. The maximum Gasteiger partial charge on any atom is 0.164 e. The van der Waals surface area contributed by atoms with Crippen molar-refractivity contribution in [2.45, 2.75) is 18.9 Å². The van der Waals surface area contributed by atoms with Crippen LogP contribution in [0.15, 0.2) is 60.7 Å². The number of hydrogen-bond acceptors (Lipinski definition) is 3. The summed E-state index contributed by atoms with van der Waals surface area (Å²) in [5.41, 5.74) is 2.10. The maximum atomic E-state index is 12.1. The van der Waals surface area contributed by atoms with E-state index < -0.39 is 0 Å². The van der Waals surface area contributed by atoms with Gasteiger partial charge in [-0.05, 0) is 12.0 Å². The van der Waals surface area contributed by atoms with Gasteiger partial charge in [0, 0.05) is 25.1 Å². The van der Waals surface area contributed by atoms with Gasteiger partial charge in [0.2, 0.25) is 0 Å². The quantitative estimate of drug-likeness (QED) is 0.767. The predicted octanol–water partition coefficient (Wildman–Crippen LogP) is 3.16. The number of ether oxygens (including phenoxy) is 1. The number of ketones is 1. The Balaban J connectivity index is 1.44. The minimum atomic E-state index is 0.201. The maximum absolute atomic E-state index is 12.1. The van der Waals surface area contributed by atoms with E-state index in [1.54, 1.807) is 0 Å². The van der Waals surface area contributed by atoms with Crippen LogP contribution in [0, 0.1) is 0 Å². The van der Waals surface area contributed by atoms with Crippen LogP contribution in [0.5, 0.6) is 0 Å². The minimum absolute atomic E-state index is 0.201. The van der Waals surface area contributed by atoms with Gasteiger partial charge in [0.1, 0.15) is 0 Å². The number of rotatable bonds is 6. The zero-order valence-electron chi connectivity index (χ0n) is 12.7. The molecule has 22 heavy (non-hydrogen) atoms. The molecule has 3 nitrogen and oxygen atoms in total. The lowest BCUT2D eigenvalue weighted by atomic mass is 10.1. The van der Waals surface area contributed by atoms with Gasteiger partial charge in [0.25, 0.3) is 0 Å². The second-order valence-electron chi connectivity index (χ2n) is 5.72. The summed E-state index contributed by atoms with van der Waals surface area (Å²) >= 11 is 0. The third-order valence-electron chi connectivity index (χ3n) is 4.01. The number of carbonyl (C=O) groups is 1. The van der Waals surface area contributed by atoms with Crippen LogP contribution >= 0.6 is 0 Å². The minimum Gasteiger partial charge on any atom is -0.361 e. The average molecular weight is 295 g/mol. The Bertz CT molecular complexity index is 597. The van der Waals surface area contributed by atoms with Gasteiger partial charge in [-0.2, -0.15) is 0 Å². The molecule has 0 N–H and O–H groups in total. The third kappa shape index (κ3) is 4.03. The lowest BCUT2D eigenvalue weighted by Crippen LogP contribution is -2.25. The molecule has 1 fully saturated rings. The zero-order chi connectivity index (χ0) is 15.2. The summed E-state index contributed by atoms with van der Waals surface area (Å²) in [5.74, 6) is 0.201. The molecule has 1 heterocycles. The molecule has 0 saturated carbocycles. The van der Waals surface area contributed by atoms with Crippen molar-refractivity contribution < 1.29 is 9.53 Å². The molecule has 2 aromatic rings. The summed E-state index contributed by atoms with van der Waals surface area (Å²) < 4.78 is 5.82. The summed E-state index contributed by atoms with van der Waals surface area (Å²) in [4.78, 5) is 14.3. The van der Waals surface area contributed by atoms with Crippen LogP contribution in [0.3, 0.4) is 0 Å². The lowest BCUT2D eigenvalue weighted by molar-refractivity contribution is 0.0853. The van der Waals surface area contributed by atoms with Crippen molar-refractivity contribution in [3.05, 3.63) is 71.8 Å². The first-order valence-corrected chi connectivity index (χ1v) is 7.77. The lowest BCUT2D eigenvalue weighted by Gasteiger charge is -2.13. The second kappa shape index (κ2) is 7.34. The topological polar surface area (TPSA) is 29.5 Å². The van der Waals surface area contributed by atoms with E-state index in [0.717, 1.165) is 25.1 Å². The molecule has 0 radical (unpaired) electrons. The standard InChI is InChI=1S/C19H21NO2/c21-19(17-9-5-2-6-10-17)11-12-20-14-18(22-15-20)13-16-7-3-1-4-8-16/h1-10,18H,11-15H2. The van der Waals surface area contributed by atoms with Crippen LogP contribution in [0.1, 0.15) is 22.3 Å². The third-order valence-corrected chi connectivity index (χ3v) is 4.01. The average Bonchev–Trinajstić information content (AvgIpc) is 3.02. The van der Waals surface area contributed by atoms with E-state index in [9.17, 15) is 4.79 Å². The number of carbonyl (C=O) groups excluding carboxylic acids is 1. The molecule has 3 heteroatoms. The monoisotopic (exact) mass is 295 g/mol. The first kappa shape index (κ1) is 14.9. The van der Waals surface area contributed by atoms with Gasteiger partial charge in [0.05, 0.1) is 12.8 Å². The van der Waals surface area contributed by atoms with Crippen LogP contribution in [0.4, 0.5) is 0 Å². The summed E-state index contributed by atoms with van der Waals surface area (Å²) in [6.45, 7) is 2.29. The Morgan fingerprint density at radius 3 is 2.45 bits per heavy atom. The Morgan fingerprint density at radius 2 is 1.73 bits per heavy atom. The summed E-state index contributed by atoms with van der Waals surface area (Å²) in [7, 11) is 0. The molecule has 0 aromatic heterocycles. The second-order valence-corrected chi connectivity index (χ2v) is 5.72. The highest BCUT2D eigenvalue weighted by atomic mass is 16.5. The van der Waals surface area contributed by atoms with Crippen LogP contribution in [0.2, 0.25) is 0 Å². The first-order valence-electron chi connectivity index (χ1n) is 7.77. The Labute approximate surface area is 131 Å². The summed E-state index contributed by atoms with van der Waals surface area (Å²) in [5, 5.41) is 0. The Kier molecular flexibility index (Phi) is 4.99. The van der Waals surface area contributed by atoms with Gasteiger partial charge in [-0.1, -0.05) is 60.7 Å². The van der Waals surface area contributed by atoms with Gasteiger partial charge in [0.15, 0.2) is 5.78 Å². The van der Waals surface area contributed by atoms with Gasteiger partial charge in [-0.15, -0.1) is 0 Å². The smallest absolute Gasteiger partial charge is 0.164 e. The van der Waals surface area contributed by atoms with Gasteiger partial charge >= 0.3 is 0 Å². The van der Waals surface area contributed by atoms with Crippen molar-refractivity contribution in [3.8, 4) is 0 Å². The SMILES string of the molecule is O=C(CCN1COC(Cc2ccccc2)C1)c1ccccc1. The highest BCUT2D eigenvalue weighted by Crippen LogP contribution is 2.14. The van der Waals surface area contributed by atoms with E-state index in [0.29, 0.717) is 13.2 Å². The normalized spacial score (nSPS) is 18.5. The van der Waals surface area contributed by atoms with E-state index in [1.165, 1.54) is 5.56 Å². The van der Waals surface area contributed by atoms with Crippen molar-refractivity contribution in [2.75, 3.05) is 19.8 Å². The Hall–Kier alpha value is -1.97. The fourth-order valence-corrected chi connectivity index (χ4v) is 2.79. The number of benzene rings is 2. The summed E-state index contributed by atoms with van der Waals surface area (Å²) in [6, 6.07) is 19.9. The molecule has 0 amide bonds. The van der Waals surface area contributed by atoms with E-state index in [-0.39, 0.29) is 11.9 Å². The van der Waals surface area contributed by atoms with Gasteiger partial charge in [-0.25, -0.2) is 0 Å². The number of nitrogens with zero attached hydrogens (tertiary/aromatic N) is 1. The highest BCUT2D eigenvalue weighted by Gasteiger charge is 2.23. The molecule has 0 spiro atoms. The van der Waals surface area contributed by atoms with Crippen LogP contribution in [-0.2, 0) is 11.2 Å². The molecule has 0 bridgehead atoms. The van der Waals surface area contributed by atoms with Crippen LogP contribution < -0.4 is 0 Å². The van der Waals surface area contributed by atoms with E-state index in [4.69, 9.17) is 4.74 Å². The van der Waals surface area contributed by atoms with E-state index in [2.05, 4.69) is 29.2 Å². The first-order chi connectivity index (χ1) is 10.8. The largest absolute Gasteiger partial charge is 0.361 e. The fourth-order valence-electron chi connectivity index (χ4n) is 2.79. The van der Waals surface area contributed by atoms with Crippen molar-refractivity contribution in [1.29, 1.82) is 0 Å². The number of Topliss-reactive ketones (excluding diaryl/α,β-unsaturated/α-hetero) is 1. The molecule has 1 aliphatic heterocycles. The van der Waals surface area contributed by atoms with E-state index >= 15 is 0 Å². The summed E-state index contributed by atoms with van der Waals surface area (Å²) in [6.07, 6.45) is 1.71. The highest BCUT2D eigenvalue weighted by molar-refractivity contribution is 5.96. The van der Waals surface area contributed by atoms with Gasteiger partial charge in [-0.3, -0.25) is 9.69 Å². The molecule has 114 valence electrons. The molecule has 2 aromatic carbocycles. The molecule has 3 rings (SSSR count). The van der Waals surface area contributed by atoms with E-state index in [1.807, 2.05) is 36.4 Å². The molecule has 1 saturated heterocycles. The molecular formula is C19H21NO2. The van der Waals surface area contributed by atoms with Crippen LogP contribution in [-0.4, -0.2) is 36.6 Å². The van der Waals surface area contributed by atoms with Crippen molar-refractivity contribution in [1.82, 2.24) is 4.90 Å². The van der Waals surface area contributed by atoms with Gasteiger partial charge < -0.3 is 4.74 Å².